The van der Waals surface area contributed by atoms with E-state index in [2.05, 4.69) is 10.4 Å². The molecule has 174 valence electrons. The summed E-state index contributed by atoms with van der Waals surface area (Å²) < 4.78 is 34.3. The molecule has 2 aromatic rings. The van der Waals surface area contributed by atoms with Crippen molar-refractivity contribution in [2.75, 3.05) is 25.0 Å². The quantitative estimate of drug-likeness (QED) is 0.683. The van der Waals surface area contributed by atoms with Gasteiger partial charge in [-0.3, -0.25) is 4.79 Å². The molecule has 1 aromatic heterocycles. The Hall–Kier alpha value is -2.64. The Labute approximate surface area is 187 Å². The average Bonchev–Trinajstić information content (AvgIpc) is 3.18. The van der Waals surface area contributed by atoms with E-state index in [0.29, 0.717) is 38.2 Å². The topological polar surface area (TPSA) is 59.4 Å². The summed E-state index contributed by atoms with van der Waals surface area (Å²) in [4.78, 5) is 14.8. The van der Waals surface area contributed by atoms with Crippen LogP contribution in [0, 0.1) is 12.8 Å². The molecule has 8 heteroatoms. The van der Waals surface area contributed by atoms with E-state index in [1.807, 2.05) is 49.1 Å². The Morgan fingerprint density at radius 3 is 2.81 bits per heavy atom. The molecule has 0 spiro atoms. The number of nitrogens with one attached hydrogen (secondary N) is 1. The van der Waals surface area contributed by atoms with Crippen molar-refractivity contribution in [1.29, 1.82) is 0 Å². The zero-order valence-corrected chi connectivity index (χ0v) is 18.8. The van der Waals surface area contributed by atoms with Gasteiger partial charge in [-0.15, -0.1) is 0 Å². The third kappa shape index (κ3) is 5.05. The predicted octanol–water partition coefficient (Wildman–Crippen LogP) is 4.45. The van der Waals surface area contributed by atoms with Gasteiger partial charge in [-0.25, -0.2) is 13.5 Å². The van der Waals surface area contributed by atoms with Crippen molar-refractivity contribution in [2.45, 2.75) is 64.5 Å². The summed E-state index contributed by atoms with van der Waals surface area (Å²) in [6.07, 6.45) is 0.821. The summed E-state index contributed by atoms with van der Waals surface area (Å²) in [6, 6.07) is 8.68. The molecule has 1 unspecified atom stereocenters. The van der Waals surface area contributed by atoms with Crippen LogP contribution in [0.15, 0.2) is 30.3 Å². The molecule has 3 heterocycles. The van der Waals surface area contributed by atoms with Crippen molar-refractivity contribution in [1.82, 2.24) is 14.7 Å². The van der Waals surface area contributed by atoms with Crippen LogP contribution >= 0.6 is 0 Å². The fourth-order valence-corrected chi connectivity index (χ4v) is 4.90. The highest BCUT2D eigenvalue weighted by atomic mass is 19.3. The van der Waals surface area contributed by atoms with Crippen LogP contribution in [0.3, 0.4) is 0 Å². The first-order valence-electron chi connectivity index (χ1n) is 11.5. The number of likely N-dealkylation sites (tertiary alicyclic amines) is 1. The van der Waals surface area contributed by atoms with Crippen molar-refractivity contribution in [3.63, 3.8) is 0 Å². The maximum Gasteiger partial charge on any atom is 0.260 e. The zero-order chi connectivity index (χ0) is 22.7. The van der Waals surface area contributed by atoms with E-state index in [4.69, 9.17) is 4.74 Å². The Morgan fingerprint density at radius 1 is 1.31 bits per heavy atom. The molecule has 1 fully saturated rings. The van der Waals surface area contributed by atoms with Gasteiger partial charge in [0.05, 0.1) is 12.3 Å². The minimum atomic E-state index is -2.46. The van der Waals surface area contributed by atoms with Gasteiger partial charge in [0.15, 0.2) is 0 Å². The summed E-state index contributed by atoms with van der Waals surface area (Å²) in [5.41, 5.74) is 1.83. The normalized spacial score (nSPS) is 23.0. The SMILES string of the molecule is CCOc1ccc(CCC(=O)N2CCCC([C@@H]3C[C@H](C(F)F)n4nc(C)cc4N3)C2)cc1. The van der Waals surface area contributed by atoms with Gasteiger partial charge in [-0.2, -0.15) is 5.10 Å². The van der Waals surface area contributed by atoms with Gasteiger partial charge >= 0.3 is 0 Å². The lowest BCUT2D eigenvalue weighted by atomic mass is 9.85. The van der Waals surface area contributed by atoms with E-state index in [1.165, 1.54) is 4.68 Å². The number of piperidine rings is 1. The lowest BCUT2D eigenvalue weighted by Gasteiger charge is -2.41. The molecule has 1 saturated heterocycles. The number of amides is 1. The fourth-order valence-electron chi connectivity index (χ4n) is 4.90. The number of benzene rings is 1. The molecular formula is C24H32F2N4O2. The second kappa shape index (κ2) is 9.88. The van der Waals surface area contributed by atoms with Crippen molar-refractivity contribution in [2.24, 2.45) is 5.92 Å². The first-order valence-corrected chi connectivity index (χ1v) is 11.5. The summed E-state index contributed by atoms with van der Waals surface area (Å²) in [7, 11) is 0. The van der Waals surface area contributed by atoms with Gasteiger partial charge in [0, 0.05) is 31.6 Å². The second-order valence-corrected chi connectivity index (χ2v) is 8.82. The van der Waals surface area contributed by atoms with Crippen LogP contribution < -0.4 is 10.1 Å². The molecule has 0 aliphatic carbocycles. The lowest BCUT2D eigenvalue weighted by molar-refractivity contribution is -0.133. The predicted molar refractivity (Wildman–Crippen MR) is 119 cm³/mol. The second-order valence-electron chi connectivity index (χ2n) is 8.82. The Morgan fingerprint density at radius 2 is 2.09 bits per heavy atom. The van der Waals surface area contributed by atoms with Crippen molar-refractivity contribution in [3.8, 4) is 5.75 Å². The van der Waals surface area contributed by atoms with E-state index in [0.717, 1.165) is 36.4 Å². The highest BCUT2D eigenvalue weighted by molar-refractivity contribution is 5.76. The third-order valence-corrected chi connectivity index (χ3v) is 6.53. The summed E-state index contributed by atoms with van der Waals surface area (Å²) in [6.45, 7) is 5.74. The number of aromatic nitrogens is 2. The molecule has 2 aliphatic heterocycles. The molecule has 3 atom stereocenters. The number of aryl methyl sites for hydroxylation is 2. The Kier molecular flexibility index (Phi) is 6.96. The van der Waals surface area contributed by atoms with Crippen molar-refractivity contribution < 1.29 is 18.3 Å². The van der Waals surface area contributed by atoms with Crippen LogP contribution in [0.2, 0.25) is 0 Å². The van der Waals surface area contributed by atoms with Crippen molar-refractivity contribution in [3.05, 3.63) is 41.6 Å². The monoisotopic (exact) mass is 446 g/mol. The fraction of sp³-hybridized carbons (Fsp3) is 0.583. The number of fused-ring (bicyclic) bond motifs is 1. The van der Waals surface area contributed by atoms with E-state index < -0.39 is 12.5 Å². The molecular weight excluding hydrogens is 414 g/mol. The van der Waals surface area contributed by atoms with Gasteiger partial charge in [0.2, 0.25) is 5.91 Å². The number of carbonyl (C=O) groups excluding carboxylic acids is 1. The van der Waals surface area contributed by atoms with Crippen LogP contribution in [0.25, 0.3) is 0 Å². The van der Waals surface area contributed by atoms with Gasteiger partial charge in [-0.1, -0.05) is 12.1 Å². The van der Waals surface area contributed by atoms with Crippen molar-refractivity contribution >= 4 is 11.7 Å². The minimum Gasteiger partial charge on any atom is -0.494 e. The molecule has 32 heavy (non-hydrogen) atoms. The van der Waals surface area contributed by atoms with Crippen LogP contribution in [0.5, 0.6) is 5.75 Å². The van der Waals surface area contributed by atoms with Gasteiger partial charge in [0.1, 0.15) is 17.6 Å². The summed E-state index contributed by atoms with van der Waals surface area (Å²) in [5.74, 6) is 1.78. The van der Waals surface area contributed by atoms with Gasteiger partial charge in [0.25, 0.3) is 6.43 Å². The number of hydrogen-bond donors (Lipinski definition) is 1. The molecule has 0 radical (unpaired) electrons. The molecule has 6 nitrogen and oxygen atoms in total. The number of rotatable bonds is 7. The lowest BCUT2D eigenvalue weighted by Crippen LogP contribution is -2.48. The molecule has 1 amide bonds. The smallest absolute Gasteiger partial charge is 0.260 e. The maximum atomic E-state index is 13.7. The highest BCUT2D eigenvalue weighted by Gasteiger charge is 2.38. The highest BCUT2D eigenvalue weighted by Crippen LogP contribution is 2.36. The van der Waals surface area contributed by atoms with Crippen LogP contribution in [-0.2, 0) is 11.2 Å². The number of halogens is 2. The van der Waals surface area contributed by atoms with E-state index >= 15 is 0 Å². The molecule has 1 aromatic carbocycles. The molecule has 2 aliphatic rings. The van der Waals surface area contributed by atoms with E-state index in [-0.39, 0.29) is 17.9 Å². The largest absolute Gasteiger partial charge is 0.494 e. The van der Waals surface area contributed by atoms with Gasteiger partial charge in [-0.05, 0) is 63.1 Å². The van der Waals surface area contributed by atoms with Crippen LogP contribution in [-0.4, -0.2) is 52.8 Å². The third-order valence-electron chi connectivity index (χ3n) is 6.53. The number of ether oxygens (including phenoxy) is 1. The standard InChI is InChI=1S/C24H32F2N4O2/c1-3-32-19-9-6-17(7-10-19)8-11-23(31)29-12-4-5-18(15-29)20-14-21(24(25)26)30-22(27-20)13-16(2)28-30/h6-7,9-10,13,18,20-21,24,27H,3-5,8,11-12,14-15H2,1-2H3/t18?,20-,21+/m0/s1. The molecule has 0 bridgehead atoms. The summed E-state index contributed by atoms with van der Waals surface area (Å²) in [5, 5.41) is 7.67. The first kappa shape index (κ1) is 22.6. The van der Waals surface area contributed by atoms with Crippen LogP contribution in [0.1, 0.15) is 49.9 Å². The van der Waals surface area contributed by atoms with E-state index in [1.54, 1.807) is 0 Å². The zero-order valence-electron chi connectivity index (χ0n) is 18.8. The number of alkyl halides is 2. The molecule has 1 N–H and O–H groups in total. The minimum absolute atomic E-state index is 0.0840. The molecule has 4 rings (SSSR count). The van der Waals surface area contributed by atoms with E-state index in [9.17, 15) is 13.6 Å². The Bertz CT molecular complexity index is 915. The molecule has 0 saturated carbocycles. The summed E-state index contributed by atoms with van der Waals surface area (Å²) >= 11 is 0. The number of carbonyl (C=O) groups is 1. The first-order chi connectivity index (χ1) is 15.4. The van der Waals surface area contributed by atoms with Crippen LogP contribution in [0.4, 0.5) is 14.6 Å². The Balaban J connectivity index is 1.35. The number of anilines is 1. The number of hydrogen-bond acceptors (Lipinski definition) is 4. The maximum absolute atomic E-state index is 13.7. The number of nitrogens with zero attached hydrogens (tertiary/aromatic N) is 3. The average molecular weight is 447 g/mol. The van der Waals surface area contributed by atoms with Gasteiger partial charge < -0.3 is 15.0 Å².